The third kappa shape index (κ3) is 2.04. The second-order valence-corrected chi connectivity index (χ2v) is 5.12. The first kappa shape index (κ1) is 14.0. The molecule has 2 aliphatic heterocycles. The summed E-state index contributed by atoms with van der Waals surface area (Å²) in [5.41, 5.74) is 1.88. The van der Waals surface area contributed by atoms with Gasteiger partial charge in [0.15, 0.2) is 0 Å². The van der Waals surface area contributed by atoms with Gasteiger partial charge in [-0.25, -0.2) is 0 Å². The van der Waals surface area contributed by atoms with Crippen LogP contribution in [-0.2, 0) is 5.54 Å². The van der Waals surface area contributed by atoms with Crippen molar-refractivity contribution in [2.75, 3.05) is 27.2 Å². The number of carbonyl (C=O) groups excluding carboxylic acids is 1. The summed E-state index contributed by atoms with van der Waals surface area (Å²) in [5, 5.41) is 0. The van der Waals surface area contributed by atoms with Crippen LogP contribution in [0.25, 0.3) is 0 Å². The SMILES string of the molecule is CC.CN1CCC2(CC1)c1ccncc1C(=O)N2C. The van der Waals surface area contributed by atoms with Gasteiger partial charge in [-0.15, -0.1) is 0 Å². The molecule has 1 spiro atoms. The Morgan fingerprint density at radius 1 is 1.21 bits per heavy atom. The van der Waals surface area contributed by atoms with E-state index in [0.29, 0.717) is 0 Å². The van der Waals surface area contributed by atoms with E-state index in [9.17, 15) is 4.79 Å². The monoisotopic (exact) mass is 261 g/mol. The van der Waals surface area contributed by atoms with E-state index in [1.165, 1.54) is 5.56 Å². The molecule has 0 aromatic carbocycles. The molecule has 4 nitrogen and oxygen atoms in total. The Balaban J connectivity index is 0.000000637. The Morgan fingerprint density at radius 2 is 1.84 bits per heavy atom. The lowest BCUT2D eigenvalue weighted by Crippen LogP contribution is -2.48. The van der Waals surface area contributed by atoms with Gasteiger partial charge in [-0.3, -0.25) is 9.78 Å². The van der Waals surface area contributed by atoms with Crippen LogP contribution in [-0.4, -0.2) is 47.9 Å². The van der Waals surface area contributed by atoms with Crippen LogP contribution in [0.2, 0.25) is 0 Å². The maximum atomic E-state index is 12.2. The lowest BCUT2D eigenvalue weighted by Gasteiger charge is -2.43. The van der Waals surface area contributed by atoms with Gasteiger partial charge in [0.25, 0.3) is 5.91 Å². The van der Waals surface area contributed by atoms with Crippen molar-refractivity contribution < 1.29 is 4.79 Å². The molecule has 4 heteroatoms. The number of rotatable bonds is 0. The highest BCUT2D eigenvalue weighted by Crippen LogP contribution is 2.44. The molecule has 1 amide bonds. The number of hydrogen-bond donors (Lipinski definition) is 0. The average Bonchev–Trinajstić information content (AvgIpc) is 2.68. The zero-order chi connectivity index (χ0) is 14.0. The van der Waals surface area contributed by atoms with Crippen LogP contribution >= 0.6 is 0 Å². The molecule has 19 heavy (non-hydrogen) atoms. The molecule has 0 N–H and O–H groups in total. The zero-order valence-electron chi connectivity index (χ0n) is 12.3. The molecule has 0 aliphatic carbocycles. The minimum atomic E-state index is -0.0815. The Morgan fingerprint density at radius 3 is 2.47 bits per heavy atom. The van der Waals surface area contributed by atoms with Gasteiger partial charge in [-0.2, -0.15) is 0 Å². The van der Waals surface area contributed by atoms with Crippen molar-refractivity contribution in [3.63, 3.8) is 0 Å². The van der Waals surface area contributed by atoms with Gasteiger partial charge in [-0.05, 0) is 31.5 Å². The predicted octanol–water partition coefficient (Wildman–Crippen LogP) is 2.11. The average molecular weight is 261 g/mol. The molecular weight excluding hydrogens is 238 g/mol. The lowest BCUT2D eigenvalue weighted by molar-refractivity contribution is 0.0425. The Bertz CT molecular complexity index is 464. The topological polar surface area (TPSA) is 36.4 Å². The van der Waals surface area contributed by atoms with Crippen molar-refractivity contribution in [3.05, 3.63) is 29.6 Å². The number of carbonyl (C=O) groups is 1. The van der Waals surface area contributed by atoms with Crippen molar-refractivity contribution in [3.8, 4) is 0 Å². The molecule has 1 aromatic rings. The second-order valence-electron chi connectivity index (χ2n) is 5.12. The van der Waals surface area contributed by atoms with Crippen molar-refractivity contribution in [2.45, 2.75) is 32.2 Å². The summed E-state index contributed by atoms with van der Waals surface area (Å²) in [6.45, 7) is 6.08. The third-order valence-electron chi connectivity index (χ3n) is 4.31. The summed E-state index contributed by atoms with van der Waals surface area (Å²) in [6.07, 6.45) is 5.54. The summed E-state index contributed by atoms with van der Waals surface area (Å²) < 4.78 is 0. The Labute approximate surface area is 115 Å². The van der Waals surface area contributed by atoms with Crippen LogP contribution in [0.1, 0.15) is 42.6 Å². The van der Waals surface area contributed by atoms with Gasteiger partial charge >= 0.3 is 0 Å². The standard InChI is InChI=1S/C13H17N3O.C2H6/c1-15-7-4-13(5-8-15)11-3-6-14-9-10(11)12(17)16(13)2;1-2/h3,6,9H,4-5,7-8H2,1-2H3;1-2H3. The minimum Gasteiger partial charge on any atom is -0.332 e. The highest BCUT2D eigenvalue weighted by molar-refractivity contribution is 5.99. The Kier molecular flexibility index (Phi) is 3.90. The molecule has 104 valence electrons. The van der Waals surface area contributed by atoms with E-state index in [1.807, 2.05) is 31.9 Å². The van der Waals surface area contributed by atoms with Crippen molar-refractivity contribution in [1.29, 1.82) is 0 Å². The second kappa shape index (κ2) is 5.29. The molecule has 0 radical (unpaired) electrons. The number of pyridine rings is 1. The van der Waals surface area contributed by atoms with E-state index < -0.39 is 0 Å². The maximum Gasteiger partial charge on any atom is 0.256 e. The van der Waals surface area contributed by atoms with Crippen molar-refractivity contribution >= 4 is 5.91 Å². The number of hydrogen-bond acceptors (Lipinski definition) is 3. The fourth-order valence-electron chi connectivity index (χ4n) is 3.12. The highest BCUT2D eigenvalue weighted by atomic mass is 16.2. The molecule has 1 saturated heterocycles. The van der Waals surface area contributed by atoms with Crippen LogP contribution < -0.4 is 0 Å². The molecule has 3 rings (SSSR count). The number of piperidine rings is 1. The summed E-state index contributed by atoms with van der Waals surface area (Å²) in [4.78, 5) is 20.5. The third-order valence-corrected chi connectivity index (χ3v) is 4.31. The first-order chi connectivity index (χ1) is 9.15. The van der Waals surface area contributed by atoms with Crippen LogP contribution in [0.4, 0.5) is 0 Å². The number of fused-ring (bicyclic) bond motifs is 2. The van der Waals surface area contributed by atoms with E-state index in [1.54, 1.807) is 12.4 Å². The quantitative estimate of drug-likeness (QED) is 0.717. The first-order valence-electron chi connectivity index (χ1n) is 7.06. The van der Waals surface area contributed by atoms with Gasteiger partial charge in [-0.1, -0.05) is 13.8 Å². The smallest absolute Gasteiger partial charge is 0.256 e. The fraction of sp³-hybridized carbons (Fsp3) is 0.600. The number of aromatic nitrogens is 1. The predicted molar refractivity (Wildman–Crippen MR) is 76.1 cm³/mol. The lowest BCUT2D eigenvalue weighted by atomic mass is 9.81. The largest absolute Gasteiger partial charge is 0.332 e. The zero-order valence-corrected chi connectivity index (χ0v) is 12.3. The summed E-state index contributed by atoms with van der Waals surface area (Å²) in [6, 6.07) is 2.02. The first-order valence-corrected chi connectivity index (χ1v) is 7.06. The maximum absolute atomic E-state index is 12.2. The molecule has 2 aliphatic rings. The summed E-state index contributed by atoms with van der Waals surface area (Å²) in [5.74, 6) is 0.123. The van der Waals surface area contributed by atoms with Gasteiger partial charge in [0, 0.05) is 32.5 Å². The van der Waals surface area contributed by atoms with Crippen LogP contribution in [0.15, 0.2) is 18.5 Å². The molecule has 1 fully saturated rings. The fourth-order valence-corrected chi connectivity index (χ4v) is 3.12. The van der Waals surface area contributed by atoms with E-state index in [0.717, 1.165) is 31.5 Å². The van der Waals surface area contributed by atoms with E-state index in [-0.39, 0.29) is 11.4 Å². The van der Waals surface area contributed by atoms with Gasteiger partial charge in [0.2, 0.25) is 0 Å². The molecule has 1 aromatic heterocycles. The van der Waals surface area contributed by atoms with E-state index in [2.05, 4.69) is 16.9 Å². The minimum absolute atomic E-state index is 0.0815. The molecule has 0 saturated carbocycles. The molecule has 3 heterocycles. The number of likely N-dealkylation sites (tertiary alicyclic amines) is 1. The number of nitrogens with zero attached hydrogens (tertiary/aromatic N) is 3. The van der Waals surface area contributed by atoms with E-state index in [4.69, 9.17) is 0 Å². The molecular formula is C15H23N3O. The van der Waals surface area contributed by atoms with Crippen molar-refractivity contribution in [1.82, 2.24) is 14.8 Å². The summed E-state index contributed by atoms with van der Waals surface area (Å²) >= 11 is 0. The highest BCUT2D eigenvalue weighted by Gasteiger charge is 2.48. The normalized spacial score (nSPS) is 21.1. The molecule has 0 atom stereocenters. The molecule has 0 unspecified atom stereocenters. The van der Waals surface area contributed by atoms with Gasteiger partial charge in [0.1, 0.15) is 0 Å². The van der Waals surface area contributed by atoms with E-state index >= 15 is 0 Å². The van der Waals surface area contributed by atoms with Crippen LogP contribution in [0, 0.1) is 0 Å². The van der Waals surface area contributed by atoms with Gasteiger partial charge in [0.05, 0.1) is 11.1 Å². The van der Waals surface area contributed by atoms with Gasteiger partial charge < -0.3 is 9.80 Å². The Hall–Kier alpha value is -1.42. The molecule has 0 bridgehead atoms. The van der Waals surface area contributed by atoms with Crippen molar-refractivity contribution in [2.24, 2.45) is 0 Å². The van der Waals surface area contributed by atoms with Crippen LogP contribution in [0.5, 0.6) is 0 Å². The number of amides is 1. The summed E-state index contributed by atoms with van der Waals surface area (Å²) in [7, 11) is 4.06. The van der Waals surface area contributed by atoms with Crippen LogP contribution in [0.3, 0.4) is 0 Å².